The van der Waals surface area contributed by atoms with Gasteiger partial charge in [0.05, 0.1) is 18.1 Å². The minimum absolute atomic E-state index is 0.0000810. The molecule has 0 aromatic heterocycles. The fourth-order valence-corrected chi connectivity index (χ4v) is 3.39. The number of nitro benzene ring substituents is 1. The molecular formula is C12H13N3O3S. The summed E-state index contributed by atoms with van der Waals surface area (Å²) in [7, 11) is 1.44. The van der Waals surface area contributed by atoms with Crippen LogP contribution in [0.15, 0.2) is 23.2 Å². The van der Waals surface area contributed by atoms with Crippen molar-refractivity contribution < 1.29 is 9.66 Å². The van der Waals surface area contributed by atoms with Crippen LogP contribution in [0.1, 0.15) is 11.6 Å². The summed E-state index contributed by atoms with van der Waals surface area (Å²) in [6.07, 6.45) is 0. The van der Waals surface area contributed by atoms with Crippen LogP contribution in [0.3, 0.4) is 0 Å². The number of hydrogen-bond donors (Lipinski definition) is 0. The lowest BCUT2D eigenvalue weighted by Crippen LogP contribution is -2.21. The third-order valence-corrected chi connectivity index (χ3v) is 4.32. The average Bonchev–Trinajstić information content (AvgIpc) is 2.98. The van der Waals surface area contributed by atoms with Crippen LogP contribution in [0.2, 0.25) is 0 Å². The van der Waals surface area contributed by atoms with E-state index in [1.165, 1.54) is 7.11 Å². The average molecular weight is 279 g/mol. The molecule has 1 fully saturated rings. The molecule has 1 unspecified atom stereocenters. The van der Waals surface area contributed by atoms with Crippen LogP contribution < -0.4 is 4.74 Å². The molecule has 0 N–H and O–H groups in total. The topological polar surface area (TPSA) is 68.0 Å². The second kappa shape index (κ2) is 4.73. The largest absolute Gasteiger partial charge is 0.490 e. The molecular weight excluding hydrogens is 266 g/mol. The molecule has 100 valence electrons. The molecule has 1 atom stereocenters. The van der Waals surface area contributed by atoms with Crippen LogP contribution in [0, 0.1) is 10.1 Å². The van der Waals surface area contributed by atoms with Crippen molar-refractivity contribution in [3.8, 4) is 5.75 Å². The summed E-state index contributed by atoms with van der Waals surface area (Å²) in [5.41, 5.74) is 0.870. The van der Waals surface area contributed by atoms with Gasteiger partial charge < -0.3 is 9.64 Å². The van der Waals surface area contributed by atoms with Gasteiger partial charge in [-0.3, -0.25) is 15.1 Å². The van der Waals surface area contributed by atoms with Gasteiger partial charge in [0.1, 0.15) is 0 Å². The summed E-state index contributed by atoms with van der Waals surface area (Å²) in [6.45, 7) is 1.82. The highest BCUT2D eigenvalue weighted by Gasteiger charge is 2.31. The van der Waals surface area contributed by atoms with Gasteiger partial charge in [0.2, 0.25) is 0 Å². The van der Waals surface area contributed by atoms with Crippen molar-refractivity contribution in [2.45, 2.75) is 6.04 Å². The number of fused-ring (bicyclic) bond motifs is 1. The number of ether oxygens (including phenoxy) is 1. The standard InChI is InChI=1S/C12H13N3O3S/c1-18-11-3-2-8(6-10(11)15(16)17)9-7-14-4-5-19-12(14)13-9/h2-3,6,9H,4-5,7H2,1H3. The van der Waals surface area contributed by atoms with E-state index in [1.807, 2.05) is 6.07 Å². The fraction of sp³-hybridized carbons (Fsp3) is 0.417. The number of benzene rings is 1. The van der Waals surface area contributed by atoms with E-state index >= 15 is 0 Å². The van der Waals surface area contributed by atoms with Crippen LogP contribution in [0.25, 0.3) is 0 Å². The molecule has 0 aliphatic carbocycles. The predicted molar refractivity (Wildman–Crippen MR) is 73.9 cm³/mol. The lowest BCUT2D eigenvalue weighted by Gasteiger charge is -2.13. The Hall–Kier alpha value is -1.76. The second-order valence-corrected chi connectivity index (χ2v) is 5.47. The Kier molecular flexibility index (Phi) is 3.06. The van der Waals surface area contributed by atoms with E-state index in [-0.39, 0.29) is 17.5 Å². The zero-order chi connectivity index (χ0) is 13.4. The number of thioether (sulfide) groups is 1. The van der Waals surface area contributed by atoms with Crippen LogP contribution in [-0.4, -0.2) is 40.9 Å². The molecule has 2 heterocycles. The maximum atomic E-state index is 11.0. The molecule has 6 nitrogen and oxygen atoms in total. The third-order valence-electron chi connectivity index (χ3n) is 3.31. The van der Waals surface area contributed by atoms with E-state index in [4.69, 9.17) is 4.74 Å². The van der Waals surface area contributed by atoms with Crippen LogP contribution in [0.5, 0.6) is 5.75 Å². The first-order valence-corrected chi connectivity index (χ1v) is 6.95. The van der Waals surface area contributed by atoms with E-state index in [0.29, 0.717) is 0 Å². The minimum atomic E-state index is -0.416. The zero-order valence-electron chi connectivity index (χ0n) is 10.4. The number of nitro groups is 1. The Balaban J connectivity index is 1.92. The third kappa shape index (κ3) is 2.14. The molecule has 1 saturated heterocycles. The van der Waals surface area contributed by atoms with Gasteiger partial charge in [0.15, 0.2) is 10.9 Å². The molecule has 1 aromatic rings. The quantitative estimate of drug-likeness (QED) is 0.626. The number of hydrogen-bond acceptors (Lipinski definition) is 6. The smallest absolute Gasteiger partial charge is 0.311 e. The number of rotatable bonds is 3. The SMILES string of the molecule is COc1ccc(C2CN3CCSC3=N2)cc1[N+](=O)[O-]. The summed E-state index contributed by atoms with van der Waals surface area (Å²) < 4.78 is 5.01. The van der Waals surface area contributed by atoms with Gasteiger partial charge >= 0.3 is 5.69 Å². The zero-order valence-corrected chi connectivity index (χ0v) is 11.2. The molecule has 2 aliphatic rings. The Morgan fingerprint density at radius 3 is 3.11 bits per heavy atom. The molecule has 2 aliphatic heterocycles. The van der Waals surface area contributed by atoms with Crippen molar-refractivity contribution in [2.75, 3.05) is 26.0 Å². The normalized spacial score (nSPS) is 21.2. The Bertz CT molecular complexity index is 561. The van der Waals surface area contributed by atoms with E-state index in [0.717, 1.165) is 29.6 Å². The molecule has 0 spiro atoms. The van der Waals surface area contributed by atoms with Crippen molar-refractivity contribution in [3.05, 3.63) is 33.9 Å². The molecule has 3 rings (SSSR count). The molecule has 19 heavy (non-hydrogen) atoms. The molecule has 0 saturated carbocycles. The van der Waals surface area contributed by atoms with E-state index in [2.05, 4.69) is 9.89 Å². The van der Waals surface area contributed by atoms with Crippen molar-refractivity contribution in [3.63, 3.8) is 0 Å². The van der Waals surface area contributed by atoms with Crippen LogP contribution >= 0.6 is 11.8 Å². The maximum Gasteiger partial charge on any atom is 0.311 e. The van der Waals surface area contributed by atoms with Gasteiger partial charge in [0.25, 0.3) is 0 Å². The number of amidine groups is 1. The number of aliphatic imine (C=N–C) groups is 1. The number of nitrogens with zero attached hydrogens (tertiary/aromatic N) is 3. The highest BCUT2D eigenvalue weighted by molar-refractivity contribution is 8.14. The Morgan fingerprint density at radius 1 is 1.58 bits per heavy atom. The van der Waals surface area contributed by atoms with Gasteiger partial charge in [-0.15, -0.1) is 0 Å². The summed E-state index contributed by atoms with van der Waals surface area (Å²) in [6, 6.07) is 5.06. The van der Waals surface area contributed by atoms with Gasteiger partial charge in [-0.05, 0) is 11.6 Å². The lowest BCUT2D eigenvalue weighted by molar-refractivity contribution is -0.385. The van der Waals surface area contributed by atoms with Crippen molar-refractivity contribution in [1.29, 1.82) is 0 Å². The van der Waals surface area contributed by atoms with E-state index < -0.39 is 4.92 Å². The van der Waals surface area contributed by atoms with Gasteiger partial charge in [-0.1, -0.05) is 17.8 Å². The van der Waals surface area contributed by atoms with Crippen molar-refractivity contribution in [1.82, 2.24) is 4.90 Å². The summed E-state index contributed by atoms with van der Waals surface area (Å²) >= 11 is 1.75. The van der Waals surface area contributed by atoms with Crippen LogP contribution in [-0.2, 0) is 0 Å². The van der Waals surface area contributed by atoms with Gasteiger partial charge in [-0.25, -0.2) is 0 Å². The monoisotopic (exact) mass is 279 g/mol. The first-order valence-electron chi connectivity index (χ1n) is 5.97. The second-order valence-electron chi connectivity index (χ2n) is 4.41. The highest BCUT2D eigenvalue weighted by Crippen LogP contribution is 2.36. The van der Waals surface area contributed by atoms with Gasteiger partial charge in [-0.2, -0.15) is 0 Å². The van der Waals surface area contributed by atoms with Crippen molar-refractivity contribution in [2.24, 2.45) is 4.99 Å². The first kappa shape index (κ1) is 12.3. The Labute approximate surface area is 114 Å². The molecule has 7 heteroatoms. The Morgan fingerprint density at radius 2 is 2.42 bits per heavy atom. The summed E-state index contributed by atoms with van der Waals surface area (Å²) in [4.78, 5) is 17.4. The molecule has 0 amide bonds. The van der Waals surface area contributed by atoms with E-state index in [1.54, 1.807) is 23.9 Å². The minimum Gasteiger partial charge on any atom is -0.490 e. The number of methoxy groups -OCH3 is 1. The fourth-order valence-electron chi connectivity index (χ4n) is 2.34. The summed E-state index contributed by atoms with van der Waals surface area (Å²) in [5, 5.41) is 12.1. The highest BCUT2D eigenvalue weighted by atomic mass is 32.2. The lowest BCUT2D eigenvalue weighted by atomic mass is 10.1. The molecule has 1 aromatic carbocycles. The predicted octanol–water partition coefficient (Wildman–Crippen LogP) is 2.06. The molecule has 0 radical (unpaired) electrons. The van der Waals surface area contributed by atoms with Gasteiger partial charge in [0, 0.05) is 24.9 Å². The first-order chi connectivity index (χ1) is 9.19. The van der Waals surface area contributed by atoms with Crippen molar-refractivity contribution >= 4 is 22.6 Å². The summed E-state index contributed by atoms with van der Waals surface area (Å²) in [5.74, 6) is 1.36. The van der Waals surface area contributed by atoms with E-state index in [9.17, 15) is 10.1 Å². The maximum absolute atomic E-state index is 11.0. The molecule has 0 bridgehead atoms. The van der Waals surface area contributed by atoms with Crippen LogP contribution in [0.4, 0.5) is 5.69 Å².